The number of carbonyl (C=O) groups excluding carboxylic acids is 1. The van der Waals surface area contributed by atoms with Gasteiger partial charge in [0.25, 0.3) is 5.91 Å². The Bertz CT molecular complexity index is 956. The summed E-state index contributed by atoms with van der Waals surface area (Å²) in [6.07, 6.45) is 2.18. The number of fused-ring (bicyclic) bond motifs is 1. The van der Waals surface area contributed by atoms with Gasteiger partial charge >= 0.3 is 0 Å². The van der Waals surface area contributed by atoms with Gasteiger partial charge in [0.15, 0.2) is 0 Å². The number of amides is 1. The molecule has 3 aromatic carbocycles. The highest BCUT2D eigenvalue weighted by molar-refractivity contribution is 5.96. The van der Waals surface area contributed by atoms with E-state index < -0.39 is 0 Å². The summed E-state index contributed by atoms with van der Waals surface area (Å²) in [4.78, 5) is 14.6. The van der Waals surface area contributed by atoms with Gasteiger partial charge in [0.1, 0.15) is 5.75 Å². The highest BCUT2D eigenvalue weighted by atomic mass is 16.5. The highest BCUT2D eigenvalue weighted by Crippen LogP contribution is 2.28. The lowest BCUT2D eigenvalue weighted by molar-refractivity contribution is 0.0793. The van der Waals surface area contributed by atoms with Crippen LogP contribution in [0.15, 0.2) is 60.7 Å². The van der Waals surface area contributed by atoms with Crippen LogP contribution in [-0.4, -0.2) is 31.0 Å². The van der Waals surface area contributed by atoms with E-state index in [4.69, 9.17) is 4.74 Å². The van der Waals surface area contributed by atoms with Crippen molar-refractivity contribution in [3.63, 3.8) is 0 Å². The van der Waals surface area contributed by atoms with Crippen molar-refractivity contribution in [1.82, 2.24) is 4.90 Å². The molecule has 0 radical (unpaired) electrons. The average Bonchev–Trinajstić information content (AvgIpc) is 3.26. The molecule has 138 valence electrons. The van der Waals surface area contributed by atoms with Crippen molar-refractivity contribution in [1.29, 1.82) is 0 Å². The molecule has 4 nitrogen and oxygen atoms in total. The molecule has 4 rings (SSSR count). The predicted octanol–water partition coefficient (Wildman–Crippen LogP) is 4.70. The second-order valence-corrected chi connectivity index (χ2v) is 6.91. The number of nitrogens with zero attached hydrogens (tertiary/aromatic N) is 1. The molecule has 0 saturated carbocycles. The number of rotatable bonds is 5. The van der Waals surface area contributed by atoms with Crippen LogP contribution >= 0.6 is 0 Å². The van der Waals surface area contributed by atoms with Gasteiger partial charge < -0.3 is 15.0 Å². The largest absolute Gasteiger partial charge is 0.495 e. The van der Waals surface area contributed by atoms with E-state index in [2.05, 4.69) is 47.8 Å². The third-order valence-corrected chi connectivity index (χ3v) is 5.19. The molecule has 1 heterocycles. The van der Waals surface area contributed by atoms with E-state index in [0.29, 0.717) is 12.1 Å². The maximum atomic E-state index is 12.7. The maximum Gasteiger partial charge on any atom is 0.253 e. The third kappa shape index (κ3) is 3.61. The Kier molecular flexibility index (Phi) is 4.97. The normalized spacial score (nSPS) is 13.7. The first-order valence-electron chi connectivity index (χ1n) is 9.44. The predicted molar refractivity (Wildman–Crippen MR) is 109 cm³/mol. The molecule has 0 bridgehead atoms. The molecule has 1 amide bonds. The van der Waals surface area contributed by atoms with Crippen LogP contribution in [0.25, 0.3) is 10.8 Å². The molecule has 0 aliphatic carbocycles. The molecule has 0 unspecified atom stereocenters. The SMILES string of the molecule is COc1ccc(C(=O)N2CCCC2)cc1NCc1cccc2ccccc12. The first-order chi connectivity index (χ1) is 13.3. The van der Waals surface area contributed by atoms with Gasteiger partial charge in [-0.05, 0) is 47.4 Å². The Balaban J connectivity index is 1.58. The van der Waals surface area contributed by atoms with E-state index in [1.165, 1.54) is 16.3 Å². The molecule has 1 aliphatic heterocycles. The van der Waals surface area contributed by atoms with Crippen molar-refractivity contribution in [3.8, 4) is 5.75 Å². The van der Waals surface area contributed by atoms with Gasteiger partial charge in [-0.15, -0.1) is 0 Å². The van der Waals surface area contributed by atoms with Crippen LogP contribution in [0.3, 0.4) is 0 Å². The van der Waals surface area contributed by atoms with Gasteiger partial charge in [-0.3, -0.25) is 4.79 Å². The number of anilines is 1. The van der Waals surface area contributed by atoms with Crippen LogP contribution in [0.4, 0.5) is 5.69 Å². The molecule has 0 spiro atoms. The van der Waals surface area contributed by atoms with E-state index in [-0.39, 0.29) is 5.91 Å². The number of hydrogen-bond donors (Lipinski definition) is 1. The summed E-state index contributed by atoms with van der Waals surface area (Å²) in [5.41, 5.74) is 2.76. The van der Waals surface area contributed by atoms with Crippen molar-refractivity contribution in [2.75, 3.05) is 25.5 Å². The van der Waals surface area contributed by atoms with Crippen LogP contribution < -0.4 is 10.1 Å². The minimum atomic E-state index is 0.100. The number of nitrogens with one attached hydrogen (secondary N) is 1. The van der Waals surface area contributed by atoms with Crippen molar-refractivity contribution in [3.05, 3.63) is 71.8 Å². The summed E-state index contributed by atoms with van der Waals surface area (Å²) in [6, 6.07) is 20.3. The van der Waals surface area contributed by atoms with Gasteiger partial charge in [0.05, 0.1) is 12.8 Å². The smallest absolute Gasteiger partial charge is 0.253 e. The highest BCUT2D eigenvalue weighted by Gasteiger charge is 2.20. The summed E-state index contributed by atoms with van der Waals surface area (Å²) in [5.74, 6) is 0.844. The number of hydrogen-bond acceptors (Lipinski definition) is 3. The quantitative estimate of drug-likeness (QED) is 0.717. The second-order valence-electron chi connectivity index (χ2n) is 6.91. The second kappa shape index (κ2) is 7.70. The molecule has 1 fully saturated rings. The summed E-state index contributed by atoms with van der Waals surface area (Å²) in [5, 5.41) is 5.92. The molecule has 3 aromatic rings. The molecular formula is C23H24N2O2. The van der Waals surface area contributed by atoms with E-state index in [0.717, 1.165) is 37.4 Å². The lowest BCUT2D eigenvalue weighted by Gasteiger charge is -2.18. The van der Waals surface area contributed by atoms with Crippen LogP contribution in [0.1, 0.15) is 28.8 Å². The Morgan fingerprint density at radius 1 is 1.04 bits per heavy atom. The number of carbonyl (C=O) groups is 1. The standard InChI is InChI=1S/C23H24N2O2/c1-27-22-12-11-18(23(26)25-13-4-5-14-25)15-21(22)24-16-19-9-6-8-17-7-2-3-10-20(17)19/h2-3,6-12,15,24H,4-5,13-14,16H2,1H3. The van der Waals surface area contributed by atoms with Gasteiger partial charge in [0.2, 0.25) is 0 Å². The molecule has 1 N–H and O–H groups in total. The molecular weight excluding hydrogens is 336 g/mol. The Labute approximate surface area is 159 Å². The van der Waals surface area contributed by atoms with Gasteiger partial charge in [-0.25, -0.2) is 0 Å². The molecule has 1 aliphatic rings. The molecule has 0 aromatic heterocycles. The number of benzene rings is 3. The first-order valence-corrected chi connectivity index (χ1v) is 9.44. The van der Waals surface area contributed by atoms with Gasteiger partial charge in [0, 0.05) is 25.2 Å². The minimum absolute atomic E-state index is 0.100. The lowest BCUT2D eigenvalue weighted by Crippen LogP contribution is -2.27. The van der Waals surface area contributed by atoms with E-state index in [1.54, 1.807) is 7.11 Å². The van der Waals surface area contributed by atoms with Crippen LogP contribution in [-0.2, 0) is 6.54 Å². The number of likely N-dealkylation sites (tertiary alicyclic amines) is 1. The Morgan fingerprint density at radius 3 is 2.63 bits per heavy atom. The zero-order valence-electron chi connectivity index (χ0n) is 15.6. The van der Waals surface area contributed by atoms with Crippen LogP contribution in [0, 0.1) is 0 Å². The third-order valence-electron chi connectivity index (χ3n) is 5.19. The van der Waals surface area contributed by atoms with Gasteiger partial charge in [-0.1, -0.05) is 42.5 Å². The Morgan fingerprint density at radius 2 is 1.81 bits per heavy atom. The maximum absolute atomic E-state index is 12.7. The van der Waals surface area contributed by atoms with Crippen molar-refractivity contribution in [2.45, 2.75) is 19.4 Å². The molecule has 0 atom stereocenters. The zero-order chi connectivity index (χ0) is 18.6. The summed E-state index contributed by atoms with van der Waals surface area (Å²) < 4.78 is 5.49. The first kappa shape index (κ1) is 17.4. The summed E-state index contributed by atoms with van der Waals surface area (Å²) >= 11 is 0. The van der Waals surface area contributed by atoms with Crippen LogP contribution in [0.5, 0.6) is 5.75 Å². The van der Waals surface area contributed by atoms with E-state index in [1.807, 2.05) is 23.1 Å². The van der Waals surface area contributed by atoms with Crippen LogP contribution in [0.2, 0.25) is 0 Å². The van der Waals surface area contributed by atoms with E-state index in [9.17, 15) is 4.79 Å². The fourth-order valence-corrected chi connectivity index (χ4v) is 3.72. The summed E-state index contributed by atoms with van der Waals surface area (Å²) in [7, 11) is 1.65. The monoisotopic (exact) mass is 360 g/mol. The summed E-state index contributed by atoms with van der Waals surface area (Å²) in [6.45, 7) is 2.37. The zero-order valence-corrected chi connectivity index (χ0v) is 15.6. The lowest BCUT2D eigenvalue weighted by atomic mass is 10.0. The van der Waals surface area contributed by atoms with Crippen molar-refractivity contribution < 1.29 is 9.53 Å². The van der Waals surface area contributed by atoms with E-state index >= 15 is 0 Å². The van der Waals surface area contributed by atoms with Crippen molar-refractivity contribution >= 4 is 22.4 Å². The molecule has 4 heteroatoms. The molecule has 27 heavy (non-hydrogen) atoms. The fraction of sp³-hybridized carbons (Fsp3) is 0.261. The fourth-order valence-electron chi connectivity index (χ4n) is 3.72. The topological polar surface area (TPSA) is 41.6 Å². The van der Waals surface area contributed by atoms with Crippen molar-refractivity contribution in [2.24, 2.45) is 0 Å². The number of ether oxygens (including phenoxy) is 1. The number of methoxy groups -OCH3 is 1. The average molecular weight is 360 g/mol. The van der Waals surface area contributed by atoms with Gasteiger partial charge in [-0.2, -0.15) is 0 Å². The Hall–Kier alpha value is -3.01. The molecule has 1 saturated heterocycles. The minimum Gasteiger partial charge on any atom is -0.495 e.